The standard InChI is InChI=1S/C19H17Cl2N3O4/c1-23(11-17(25)22-12-6-7-13(20)14(21)10-12)18(26)8-9-24-15-4-2-3-5-16(15)28-19(24)27/h2-7,10H,8-9,11H2,1H3,(H,22,25). The minimum atomic E-state index is -0.519. The van der Waals surface area contributed by atoms with E-state index in [1.807, 2.05) is 0 Å². The molecule has 9 heteroatoms. The number of fused-ring (bicyclic) bond motifs is 1. The average molecular weight is 422 g/mol. The van der Waals surface area contributed by atoms with Crippen LogP contribution in [0.15, 0.2) is 51.7 Å². The summed E-state index contributed by atoms with van der Waals surface area (Å²) in [5, 5.41) is 3.36. The van der Waals surface area contributed by atoms with Crippen molar-refractivity contribution in [2.24, 2.45) is 0 Å². The van der Waals surface area contributed by atoms with Crippen molar-refractivity contribution in [3.8, 4) is 0 Å². The number of nitrogens with one attached hydrogen (secondary N) is 1. The van der Waals surface area contributed by atoms with Crippen LogP contribution in [-0.2, 0) is 16.1 Å². The van der Waals surface area contributed by atoms with E-state index in [2.05, 4.69) is 5.32 Å². The first kappa shape index (κ1) is 20.0. The van der Waals surface area contributed by atoms with Crippen LogP contribution in [0.4, 0.5) is 5.69 Å². The normalized spacial score (nSPS) is 10.8. The van der Waals surface area contributed by atoms with Crippen LogP contribution in [0.1, 0.15) is 6.42 Å². The Morgan fingerprint density at radius 2 is 1.89 bits per heavy atom. The van der Waals surface area contributed by atoms with Gasteiger partial charge in [-0.1, -0.05) is 35.3 Å². The van der Waals surface area contributed by atoms with Gasteiger partial charge >= 0.3 is 5.76 Å². The molecule has 0 atom stereocenters. The van der Waals surface area contributed by atoms with Gasteiger partial charge in [0, 0.05) is 25.7 Å². The van der Waals surface area contributed by atoms with E-state index in [0.717, 1.165) is 0 Å². The number of anilines is 1. The fraction of sp³-hybridized carbons (Fsp3) is 0.211. The van der Waals surface area contributed by atoms with Crippen molar-refractivity contribution in [2.75, 3.05) is 18.9 Å². The maximum atomic E-state index is 12.3. The number of nitrogens with zero attached hydrogens (tertiary/aromatic N) is 2. The molecule has 7 nitrogen and oxygen atoms in total. The number of halogens is 2. The summed E-state index contributed by atoms with van der Waals surface area (Å²) in [7, 11) is 1.52. The Balaban J connectivity index is 1.56. The van der Waals surface area contributed by atoms with Crippen LogP contribution in [0.3, 0.4) is 0 Å². The molecule has 0 saturated carbocycles. The summed E-state index contributed by atoms with van der Waals surface area (Å²) in [6.07, 6.45) is 0.0555. The summed E-state index contributed by atoms with van der Waals surface area (Å²) < 4.78 is 6.54. The van der Waals surface area contributed by atoms with Crippen molar-refractivity contribution in [1.82, 2.24) is 9.47 Å². The van der Waals surface area contributed by atoms with E-state index in [-0.39, 0.29) is 31.3 Å². The zero-order chi connectivity index (χ0) is 20.3. The fourth-order valence-corrected chi connectivity index (χ4v) is 3.00. The lowest BCUT2D eigenvalue weighted by Gasteiger charge is -2.17. The molecule has 2 amide bonds. The molecule has 2 aromatic carbocycles. The number of hydrogen-bond donors (Lipinski definition) is 1. The van der Waals surface area contributed by atoms with Gasteiger partial charge in [0.05, 0.1) is 22.1 Å². The highest BCUT2D eigenvalue weighted by atomic mass is 35.5. The number of rotatable bonds is 6. The number of amides is 2. The minimum absolute atomic E-state index is 0.0555. The molecule has 0 unspecified atom stereocenters. The van der Waals surface area contributed by atoms with Crippen LogP contribution >= 0.6 is 23.2 Å². The number of para-hydroxylation sites is 2. The second-order valence-corrected chi connectivity index (χ2v) is 6.98. The number of benzene rings is 2. The Morgan fingerprint density at radius 1 is 1.14 bits per heavy atom. The molecule has 0 aliphatic rings. The summed E-state index contributed by atoms with van der Waals surface area (Å²) in [6, 6.07) is 11.7. The Labute approximate surface area is 170 Å². The van der Waals surface area contributed by atoms with Crippen LogP contribution < -0.4 is 11.1 Å². The van der Waals surface area contributed by atoms with E-state index in [1.54, 1.807) is 36.4 Å². The Hall–Kier alpha value is -2.77. The van der Waals surface area contributed by atoms with Crippen molar-refractivity contribution < 1.29 is 14.0 Å². The molecule has 1 aromatic heterocycles. The van der Waals surface area contributed by atoms with Gasteiger partial charge in [0.15, 0.2) is 5.58 Å². The third-order valence-corrected chi connectivity index (χ3v) is 4.87. The molecule has 0 aliphatic carbocycles. The summed E-state index contributed by atoms with van der Waals surface area (Å²) in [5.74, 6) is -1.17. The molecule has 1 heterocycles. The van der Waals surface area contributed by atoms with Crippen molar-refractivity contribution in [3.05, 3.63) is 63.1 Å². The topological polar surface area (TPSA) is 84.5 Å². The van der Waals surface area contributed by atoms with Gasteiger partial charge in [-0.3, -0.25) is 14.2 Å². The number of carbonyl (C=O) groups is 2. The van der Waals surface area contributed by atoms with Gasteiger partial charge in [-0.2, -0.15) is 0 Å². The Kier molecular flexibility index (Phi) is 6.06. The van der Waals surface area contributed by atoms with Gasteiger partial charge in [0.1, 0.15) is 0 Å². The molecule has 0 aliphatic heterocycles. The molecule has 146 valence electrons. The SMILES string of the molecule is CN(CC(=O)Nc1ccc(Cl)c(Cl)c1)C(=O)CCn1c(=O)oc2ccccc21. The van der Waals surface area contributed by atoms with Gasteiger partial charge in [-0.15, -0.1) is 0 Å². The highest BCUT2D eigenvalue weighted by Crippen LogP contribution is 2.24. The molecule has 0 fully saturated rings. The Bertz CT molecular complexity index is 1090. The van der Waals surface area contributed by atoms with Crippen molar-refractivity contribution in [1.29, 1.82) is 0 Å². The molecular formula is C19H17Cl2N3O4. The van der Waals surface area contributed by atoms with Gasteiger partial charge < -0.3 is 14.6 Å². The van der Waals surface area contributed by atoms with E-state index in [4.69, 9.17) is 27.6 Å². The van der Waals surface area contributed by atoms with Crippen molar-refractivity contribution in [2.45, 2.75) is 13.0 Å². The summed E-state index contributed by atoms with van der Waals surface area (Å²) in [6.45, 7) is 0.0214. The molecule has 0 bridgehead atoms. The number of likely N-dealkylation sites (N-methyl/N-ethyl adjacent to an activating group) is 1. The monoisotopic (exact) mass is 421 g/mol. The second kappa shape index (κ2) is 8.50. The van der Waals surface area contributed by atoms with Crippen LogP contribution in [0, 0.1) is 0 Å². The first-order valence-corrected chi connectivity index (χ1v) is 9.18. The second-order valence-electron chi connectivity index (χ2n) is 6.16. The maximum absolute atomic E-state index is 12.3. The van der Waals surface area contributed by atoms with E-state index in [1.165, 1.54) is 22.6 Å². The predicted molar refractivity (Wildman–Crippen MR) is 108 cm³/mol. The molecule has 28 heavy (non-hydrogen) atoms. The lowest BCUT2D eigenvalue weighted by atomic mass is 10.3. The third kappa shape index (κ3) is 4.55. The number of hydrogen-bond acceptors (Lipinski definition) is 4. The lowest BCUT2D eigenvalue weighted by molar-refractivity contribution is -0.133. The quantitative estimate of drug-likeness (QED) is 0.660. The first-order valence-electron chi connectivity index (χ1n) is 8.42. The fourth-order valence-electron chi connectivity index (χ4n) is 2.70. The summed E-state index contributed by atoms with van der Waals surface area (Å²) in [5.41, 5.74) is 1.58. The molecule has 0 saturated heterocycles. The number of aryl methyl sites for hydroxylation is 1. The molecule has 1 N–H and O–H groups in total. The van der Waals surface area contributed by atoms with Gasteiger partial charge in [0.2, 0.25) is 11.8 Å². The minimum Gasteiger partial charge on any atom is -0.408 e. The molecule has 3 aromatic rings. The van der Waals surface area contributed by atoms with Crippen LogP contribution in [-0.4, -0.2) is 34.9 Å². The van der Waals surface area contributed by atoms with Crippen molar-refractivity contribution in [3.63, 3.8) is 0 Å². The largest absolute Gasteiger partial charge is 0.419 e. The third-order valence-electron chi connectivity index (χ3n) is 4.13. The van der Waals surface area contributed by atoms with Crippen LogP contribution in [0.25, 0.3) is 11.1 Å². The van der Waals surface area contributed by atoms with E-state index in [9.17, 15) is 14.4 Å². The molecule has 0 radical (unpaired) electrons. The number of carbonyl (C=O) groups excluding carboxylic acids is 2. The Morgan fingerprint density at radius 3 is 2.64 bits per heavy atom. The molecule has 0 spiro atoms. The van der Waals surface area contributed by atoms with Gasteiger partial charge in [-0.25, -0.2) is 4.79 Å². The zero-order valence-electron chi connectivity index (χ0n) is 14.9. The average Bonchev–Trinajstić information content (AvgIpc) is 2.97. The van der Waals surface area contributed by atoms with Crippen LogP contribution in [0.5, 0.6) is 0 Å². The van der Waals surface area contributed by atoms with E-state index in [0.29, 0.717) is 26.8 Å². The van der Waals surface area contributed by atoms with E-state index < -0.39 is 5.76 Å². The highest BCUT2D eigenvalue weighted by molar-refractivity contribution is 6.42. The summed E-state index contributed by atoms with van der Waals surface area (Å²) in [4.78, 5) is 37.7. The lowest BCUT2D eigenvalue weighted by Crippen LogP contribution is -2.35. The summed E-state index contributed by atoms with van der Waals surface area (Å²) >= 11 is 11.8. The highest BCUT2D eigenvalue weighted by Gasteiger charge is 2.15. The smallest absolute Gasteiger partial charge is 0.408 e. The van der Waals surface area contributed by atoms with Gasteiger partial charge in [-0.05, 0) is 30.3 Å². The maximum Gasteiger partial charge on any atom is 0.419 e. The van der Waals surface area contributed by atoms with E-state index >= 15 is 0 Å². The molecule has 3 rings (SSSR count). The number of oxazole rings is 1. The number of aromatic nitrogens is 1. The van der Waals surface area contributed by atoms with Crippen LogP contribution in [0.2, 0.25) is 10.0 Å². The van der Waals surface area contributed by atoms with Crippen molar-refractivity contribution >= 4 is 51.8 Å². The van der Waals surface area contributed by atoms with Gasteiger partial charge in [0.25, 0.3) is 0 Å². The zero-order valence-corrected chi connectivity index (χ0v) is 16.5. The first-order chi connectivity index (χ1) is 13.3. The molecular weight excluding hydrogens is 405 g/mol. The predicted octanol–water partition coefficient (Wildman–Crippen LogP) is 3.39.